The summed E-state index contributed by atoms with van der Waals surface area (Å²) in [6.45, 7) is 8.66. The molecule has 0 spiro atoms. The smallest absolute Gasteiger partial charge is 0.339 e. The van der Waals surface area contributed by atoms with E-state index in [1.54, 1.807) is 12.1 Å². The highest BCUT2D eigenvalue weighted by molar-refractivity contribution is 5.76. The van der Waals surface area contributed by atoms with Gasteiger partial charge in [-0.1, -0.05) is 87.4 Å². The average molecular weight is 381 g/mol. The van der Waals surface area contributed by atoms with Crippen LogP contribution in [0.3, 0.4) is 0 Å². The number of hydrogen-bond donors (Lipinski definition) is 1. The van der Waals surface area contributed by atoms with Crippen LogP contribution in [0, 0.1) is 18.8 Å². The molecule has 3 heteroatoms. The molecule has 2 aromatic carbocycles. The molecule has 150 valence electrons. The highest BCUT2D eigenvalue weighted by Gasteiger charge is 2.42. The van der Waals surface area contributed by atoms with Crippen LogP contribution in [0.4, 0.5) is 0 Å². The van der Waals surface area contributed by atoms with Crippen molar-refractivity contribution < 1.29 is 14.6 Å². The fourth-order valence-electron chi connectivity index (χ4n) is 4.46. The lowest BCUT2D eigenvalue weighted by molar-refractivity contribution is -0.167. The fraction of sp³-hybridized carbons (Fsp3) is 0.480. The molecule has 1 aliphatic carbocycles. The number of benzene rings is 2. The highest BCUT2D eigenvalue weighted by Crippen LogP contribution is 2.43. The zero-order valence-corrected chi connectivity index (χ0v) is 17.4. The molecule has 28 heavy (non-hydrogen) atoms. The van der Waals surface area contributed by atoms with Crippen LogP contribution in [0.1, 0.15) is 62.8 Å². The molecule has 0 bridgehead atoms. The first-order chi connectivity index (χ1) is 13.3. The van der Waals surface area contributed by atoms with Crippen LogP contribution in [-0.4, -0.2) is 17.2 Å². The van der Waals surface area contributed by atoms with E-state index in [0.29, 0.717) is 11.5 Å². The van der Waals surface area contributed by atoms with E-state index in [1.165, 1.54) is 5.56 Å². The van der Waals surface area contributed by atoms with Crippen LogP contribution in [0.2, 0.25) is 0 Å². The zero-order chi connectivity index (χ0) is 20.3. The Morgan fingerprint density at radius 3 is 2.36 bits per heavy atom. The first-order valence-electron chi connectivity index (χ1n) is 10.3. The van der Waals surface area contributed by atoms with E-state index < -0.39 is 12.1 Å². The molecule has 3 nitrogen and oxygen atoms in total. The van der Waals surface area contributed by atoms with Gasteiger partial charge < -0.3 is 9.84 Å². The molecule has 1 fully saturated rings. The lowest BCUT2D eigenvalue weighted by Gasteiger charge is -2.44. The van der Waals surface area contributed by atoms with Crippen LogP contribution in [0.5, 0.6) is 0 Å². The van der Waals surface area contributed by atoms with Crippen LogP contribution in [0.15, 0.2) is 54.6 Å². The molecule has 0 aliphatic heterocycles. The van der Waals surface area contributed by atoms with Crippen molar-refractivity contribution in [2.45, 2.75) is 64.6 Å². The number of carbonyl (C=O) groups excluding carboxylic acids is 1. The van der Waals surface area contributed by atoms with Crippen molar-refractivity contribution >= 4 is 5.97 Å². The third-order valence-electron chi connectivity index (χ3n) is 6.38. The minimum Gasteiger partial charge on any atom is -0.460 e. The Labute approximate surface area is 168 Å². The third-order valence-corrected chi connectivity index (χ3v) is 6.38. The molecule has 0 radical (unpaired) electrons. The molecule has 2 aromatic rings. The van der Waals surface area contributed by atoms with Crippen molar-refractivity contribution in [3.8, 4) is 0 Å². The molecule has 0 heterocycles. The van der Waals surface area contributed by atoms with Gasteiger partial charge in [-0.25, -0.2) is 4.79 Å². The van der Waals surface area contributed by atoms with Gasteiger partial charge in [0, 0.05) is 5.92 Å². The summed E-state index contributed by atoms with van der Waals surface area (Å²) < 4.78 is 5.94. The van der Waals surface area contributed by atoms with Crippen molar-refractivity contribution in [1.82, 2.24) is 0 Å². The summed E-state index contributed by atoms with van der Waals surface area (Å²) in [5.41, 5.74) is 2.82. The van der Waals surface area contributed by atoms with E-state index in [2.05, 4.69) is 45.0 Å². The van der Waals surface area contributed by atoms with Gasteiger partial charge in [0.25, 0.3) is 0 Å². The normalized spacial score (nSPS) is 23.8. The highest BCUT2D eigenvalue weighted by atomic mass is 16.6. The largest absolute Gasteiger partial charge is 0.460 e. The summed E-state index contributed by atoms with van der Waals surface area (Å²) in [6.07, 6.45) is 1.56. The Kier molecular flexibility index (Phi) is 6.24. The summed E-state index contributed by atoms with van der Waals surface area (Å²) in [5.74, 6) is 0.189. The van der Waals surface area contributed by atoms with Gasteiger partial charge in [0.1, 0.15) is 6.10 Å². The Morgan fingerprint density at radius 2 is 1.71 bits per heavy atom. The molecule has 0 saturated heterocycles. The molecule has 1 N–H and O–H groups in total. The molecule has 1 aliphatic rings. The zero-order valence-electron chi connectivity index (χ0n) is 17.4. The van der Waals surface area contributed by atoms with Crippen LogP contribution in [-0.2, 0) is 14.9 Å². The number of ether oxygens (including phenoxy) is 1. The SMILES string of the molecule is Cc1ccc(C(O)C(=O)O[C@@H]2C[C@H](C)CC[C@H]2C(C)(C)c2ccccc2)cc1. The minimum absolute atomic E-state index is 0.110. The Bertz CT molecular complexity index is 779. The second-order valence-corrected chi connectivity index (χ2v) is 8.90. The van der Waals surface area contributed by atoms with Crippen molar-refractivity contribution in [3.05, 3.63) is 71.3 Å². The van der Waals surface area contributed by atoms with Crippen molar-refractivity contribution in [2.24, 2.45) is 11.8 Å². The summed E-state index contributed by atoms with van der Waals surface area (Å²) in [6, 6.07) is 17.8. The van der Waals surface area contributed by atoms with Gasteiger partial charge in [-0.3, -0.25) is 0 Å². The third kappa shape index (κ3) is 4.47. The van der Waals surface area contributed by atoms with Crippen molar-refractivity contribution in [3.63, 3.8) is 0 Å². The van der Waals surface area contributed by atoms with Gasteiger partial charge in [-0.05, 0) is 42.2 Å². The maximum absolute atomic E-state index is 12.7. The van der Waals surface area contributed by atoms with Crippen molar-refractivity contribution in [1.29, 1.82) is 0 Å². The number of hydrogen-bond acceptors (Lipinski definition) is 3. The molecule has 4 atom stereocenters. The second-order valence-electron chi connectivity index (χ2n) is 8.90. The van der Waals surface area contributed by atoms with Crippen LogP contribution < -0.4 is 0 Å². The monoisotopic (exact) mass is 380 g/mol. The Hall–Kier alpha value is -2.13. The standard InChI is InChI=1S/C25H32O3/c1-17-10-13-19(14-11-17)23(26)24(27)28-22-16-18(2)12-15-21(22)25(3,4)20-8-6-5-7-9-20/h5-11,13-14,18,21-23,26H,12,15-16H2,1-4H3/t18-,21-,22-,23?/m1/s1. The van der Waals surface area contributed by atoms with Crippen molar-refractivity contribution in [2.75, 3.05) is 0 Å². The molecule has 1 unspecified atom stereocenters. The van der Waals surface area contributed by atoms with Gasteiger partial charge in [0.15, 0.2) is 6.10 Å². The Balaban J connectivity index is 1.78. The van der Waals surface area contributed by atoms with E-state index in [0.717, 1.165) is 24.8 Å². The molecular weight excluding hydrogens is 348 g/mol. The van der Waals surface area contributed by atoms with Gasteiger partial charge in [0.05, 0.1) is 0 Å². The first kappa shape index (κ1) is 20.6. The van der Waals surface area contributed by atoms with Crippen LogP contribution >= 0.6 is 0 Å². The lowest BCUT2D eigenvalue weighted by Crippen LogP contribution is -2.44. The van der Waals surface area contributed by atoms with Gasteiger partial charge in [-0.2, -0.15) is 0 Å². The van der Waals surface area contributed by atoms with E-state index in [1.807, 2.05) is 25.1 Å². The number of esters is 1. The van der Waals surface area contributed by atoms with Gasteiger partial charge in [0.2, 0.25) is 0 Å². The van der Waals surface area contributed by atoms with Crippen LogP contribution in [0.25, 0.3) is 0 Å². The maximum atomic E-state index is 12.7. The summed E-state index contributed by atoms with van der Waals surface area (Å²) in [7, 11) is 0. The molecule has 3 rings (SSSR count). The second kappa shape index (κ2) is 8.48. The number of carbonyl (C=O) groups is 1. The number of aliphatic hydroxyl groups excluding tert-OH is 1. The number of aliphatic hydroxyl groups is 1. The van der Waals surface area contributed by atoms with E-state index >= 15 is 0 Å². The summed E-state index contributed by atoms with van der Waals surface area (Å²) in [4.78, 5) is 12.7. The molecular formula is C25H32O3. The predicted molar refractivity (Wildman–Crippen MR) is 112 cm³/mol. The van der Waals surface area contributed by atoms with Gasteiger partial charge >= 0.3 is 5.97 Å². The van der Waals surface area contributed by atoms with E-state index in [4.69, 9.17) is 4.74 Å². The van der Waals surface area contributed by atoms with E-state index in [-0.39, 0.29) is 17.4 Å². The molecule has 0 amide bonds. The minimum atomic E-state index is -1.24. The quantitative estimate of drug-likeness (QED) is 0.711. The first-order valence-corrected chi connectivity index (χ1v) is 10.3. The number of rotatable bonds is 5. The van der Waals surface area contributed by atoms with E-state index in [9.17, 15) is 9.90 Å². The predicted octanol–water partition coefficient (Wildman–Crippen LogP) is 5.35. The average Bonchev–Trinajstić information content (AvgIpc) is 2.68. The summed E-state index contributed by atoms with van der Waals surface area (Å²) in [5, 5.41) is 10.5. The Morgan fingerprint density at radius 1 is 1.07 bits per heavy atom. The molecule has 0 aromatic heterocycles. The molecule has 1 saturated carbocycles. The summed E-state index contributed by atoms with van der Waals surface area (Å²) >= 11 is 0. The lowest BCUT2D eigenvalue weighted by atomic mass is 9.64. The van der Waals surface area contributed by atoms with Gasteiger partial charge in [-0.15, -0.1) is 0 Å². The fourth-order valence-corrected chi connectivity index (χ4v) is 4.46. The number of aryl methyl sites for hydroxylation is 1. The topological polar surface area (TPSA) is 46.5 Å². The maximum Gasteiger partial charge on any atom is 0.339 e.